The molecule has 0 spiro atoms. The lowest BCUT2D eigenvalue weighted by Gasteiger charge is -2.12. The van der Waals surface area contributed by atoms with Crippen LogP contribution in [0.5, 0.6) is 0 Å². The van der Waals surface area contributed by atoms with Crippen molar-refractivity contribution in [2.45, 2.75) is 34.2 Å². The summed E-state index contributed by atoms with van der Waals surface area (Å²) in [5, 5.41) is 0. The molecule has 0 N–H and O–H groups in total. The van der Waals surface area contributed by atoms with E-state index in [2.05, 4.69) is 4.98 Å². The quantitative estimate of drug-likeness (QED) is 0.710. The van der Waals surface area contributed by atoms with Crippen molar-refractivity contribution in [2.24, 2.45) is 0 Å². The summed E-state index contributed by atoms with van der Waals surface area (Å²) in [4.78, 5) is 26.5. The number of aryl methyl sites for hydroxylation is 2. The number of nitrogens with zero attached hydrogens (tertiary/aromatic N) is 2. The molecule has 0 aliphatic heterocycles. The molecule has 1 heterocycles. The molecule has 0 saturated heterocycles. The van der Waals surface area contributed by atoms with Crippen LogP contribution in [-0.2, 0) is 16.1 Å². The first-order chi connectivity index (χ1) is 7.43. The number of carbonyl (C=O) groups is 1. The van der Waals surface area contributed by atoms with E-state index in [-0.39, 0.29) is 18.1 Å². The van der Waals surface area contributed by atoms with Gasteiger partial charge in [-0.1, -0.05) is 0 Å². The van der Waals surface area contributed by atoms with Gasteiger partial charge in [-0.2, -0.15) is 0 Å². The highest BCUT2D eigenvalue weighted by molar-refractivity contribution is 5.65. The minimum Gasteiger partial charge on any atom is -0.464 e. The molecule has 16 heavy (non-hydrogen) atoms. The number of rotatable bonds is 3. The van der Waals surface area contributed by atoms with Crippen LogP contribution in [-0.4, -0.2) is 22.1 Å². The van der Waals surface area contributed by atoms with Gasteiger partial charge in [-0.25, -0.2) is 0 Å². The summed E-state index contributed by atoms with van der Waals surface area (Å²) in [5.74, 6) is -0.340. The molecular weight excluding hydrogens is 208 g/mol. The Labute approximate surface area is 94.1 Å². The van der Waals surface area contributed by atoms with E-state index in [1.54, 1.807) is 11.5 Å². The lowest BCUT2D eigenvalue weighted by molar-refractivity contribution is -0.141. The Hall–Kier alpha value is -1.65. The van der Waals surface area contributed by atoms with Gasteiger partial charge in [0.2, 0.25) is 0 Å². The molecule has 0 radical (unpaired) electrons. The lowest BCUT2D eigenvalue weighted by atomic mass is 10.3. The molecule has 1 rings (SSSR count). The summed E-state index contributed by atoms with van der Waals surface area (Å²) in [6, 6.07) is 0. The number of hydrogen-bond acceptors (Lipinski definition) is 4. The van der Waals surface area contributed by atoms with Crippen LogP contribution < -0.4 is 5.56 Å². The number of ether oxygens (including phenoxy) is 1. The van der Waals surface area contributed by atoms with Crippen LogP contribution in [0.15, 0.2) is 4.79 Å². The van der Waals surface area contributed by atoms with Crippen molar-refractivity contribution in [2.75, 3.05) is 6.61 Å². The van der Waals surface area contributed by atoms with E-state index in [9.17, 15) is 9.59 Å². The predicted molar refractivity (Wildman–Crippen MR) is 59.3 cm³/mol. The standard InChI is InChI=1S/C11H16N2O3/c1-7-9(3)13(5-6-16-10(4)14)11(15)8(2)12-7/h5-6H2,1-4H3. The molecule has 1 aromatic heterocycles. The maximum Gasteiger partial charge on any atom is 0.302 e. The Kier molecular flexibility index (Phi) is 3.82. The average molecular weight is 224 g/mol. The van der Waals surface area contributed by atoms with Gasteiger partial charge >= 0.3 is 5.97 Å². The van der Waals surface area contributed by atoms with Gasteiger partial charge in [0.15, 0.2) is 0 Å². The normalized spacial score (nSPS) is 10.2. The van der Waals surface area contributed by atoms with Crippen LogP contribution in [0.1, 0.15) is 24.0 Å². The minimum atomic E-state index is -0.340. The number of carbonyl (C=O) groups excluding carboxylic acids is 1. The van der Waals surface area contributed by atoms with Crippen molar-refractivity contribution in [1.29, 1.82) is 0 Å². The van der Waals surface area contributed by atoms with Crippen LogP contribution in [0.4, 0.5) is 0 Å². The number of esters is 1. The molecule has 0 saturated carbocycles. The van der Waals surface area contributed by atoms with Crippen molar-refractivity contribution in [1.82, 2.24) is 9.55 Å². The summed E-state index contributed by atoms with van der Waals surface area (Å²) in [6.07, 6.45) is 0. The highest BCUT2D eigenvalue weighted by Crippen LogP contribution is 2.01. The van der Waals surface area contributed by atoms with Crippen LogP contribution in [0.2, 0.25) is 0 Å². The average Bonchev–Trinajstić information content (AvgIpc) is 2.20. The Morgan fingerprint density at radius 2 is 1.94 bits per heavy atom. The Balaban J connectivity index is 2.95. The molecule has 5 nitrogen and oxygen atoms in total. The molecule has 0 aliphatic carbocycles. The van der Waals surface area contributed by atoms with Crippen LogP contribution in [0.25, 0.3) is 0 Å². The van der Waals surface area contributed by atoms with Crippen molar-refractivity contribution in [3.63, 3.8) is 0 Å². The van der Waals surface area contributed by atoms with Gasteiger partial charge in [0.05, 0.1) is 12.2 Å². The third kappa shape index (κ3) is 2.68. The molecule has 88 valence electrons. The van der Waals surface area contributed by atoms with E-state index in [0.717, 1.165) is 11.4 Å². The topological polar surface area (TPSA) is 61.2 Å². The molecule has 0 amide bonds. The zero-order valence-corrected chi connectivity index (χ0v) is 10.0. The Bertz CT molecular complexity index is 463. The maximum atomic E-state index is 11.8. The second kappa shape index (κ2) is 4.92. The zero-order chi connectivity index (χ0) is 12.3. The Morgan fingerprint density at radius 3 is 2.50 bits per heavy atom. The zero-order valence-electron chi connectivity index (χ0n) is 10.0. The smallest absolute Gasteiger partial charge is 0.302 e. The second-order valence-electron chi connectivity index (χ2n) is 3.66. The van der Waals surface area contributed by atoms with E-state index in [4.69, 9.17) is 4.74 Å². The molecule has 0 bridgehead atoms. The predicted octanol–water partition coefficient (Wildman–Crippen LogP) is 0.732. The highest BCUT2D eigenvalue weighted by Gasteiger charge is 2.08. The number of hydrogen-bond donors (Lipinski definition) is 0. The molecule has 1 aromatic rings. The van der Waals surface area contributed by atoms with Crippen LogP contribution in [0, 0.1) is 20.8 Å². The van der Waals surface area contributed by atoms with Crippen molar-refractivity contribution >= 4 is 5.97 Å². The van der Waals surface area contributed by atoms with Crippen molar-refractivity contribution in [3.05, 3.63) is 27.4 Å². The first-order valence-electron chi connectivity index (χ1n) is 5.11. The summed E-state index contributed by atoms with van der Waals surface area (Å²) in [7, 11) is 0. The van der Waals surface area contributed by atoms with Gasteiger partial charge in [-0.3, -0.25) is 14.6 Å². The third-order valence-corrected chi connectivity index (χ3v) is 2.44. The van der Waals surface area contributed by atoms with Gasteiger partial charge < -0.3 is 9.30 Å². The van der Waals surface area contributed by atoms with E-state index in [1.807, 2.05) is 13.8 Å². The van der Waals surface area contributed by atoms with Gasteiger partial charge in [-0.05, 0) is 20.8 Å². The highest BCUT2D eigenvalue weighted by atomic mass is 16.5. The van der Waals surface area contributed by atoms with Gasteiger partial charge in [-0.15, -0.1) is 0 Å². The van der Waals surface area contributed by atoms with Gasteiger partial charge in [0.25, 0.3) is 5.56 Å². The fourth-order valence-electron chi connectivity index (χ4n) is 1.47. The fourth-order valence-corrected chi connectivity index (χ4v) is 1.47. The minimum absolute atomic E-state index is 0.129. The van der Waals surface area contributed by atoms with Crippen LogP contribution in [0.3, 0.4) is 0 Å². The van der Waals surface area contributed by atoms with Gasteiger partial charge in [0, 0.05) is 12.6 Å². The first-order valence-corrected chi connectivity index (χ1v) is 5.11. The molecular formula is C11H16N2O3. The van der Waals surface area contributed by atoms with E-state index in [1.165, 1.54) is 6.92 Å². The monoisotopic (exact) mass is 224 g/mol. The largest absolute Gasteiger partial charge is 0.464 e. The Morgan fingerprint density at radius 1 is 1.31 bits per heavy atom. The lowest BCUT2D eigenvalue weighted by Crippen LogP contribution is -2.28. The SMILES string of the molecule is CC(=O)OCCn1c(C)c(C)nc(C)c1=O. The molecule has 0 unspecified atom stereocenters. The van der Waals surface area contributed by atoms with E-state index < -0.39 is 0 Å². The summed E-state index contributed by atoms with van der Waals surface area (Å²) in [6.45, 7) is 7.28. The second-order valence-corrected chi connectivity index (χ2v) is 3.66. The number of aromatic nitrogens is 2. The van der Waals surface area contributed by atoms with Crippen LogP contribution >= 0.6 is 0 Å². The molecule has 0 aromatic carbocycles. The summed E-state index contributed by atoms with van der Waals surface area (Å²) in [5.41, 5.74) is 1.96. The van der Waals surface area contributed by atoms with Crippen molar-refractivity contribution in [3.8, 4) is 0 Å². The molecule has 0 atom stereocenters. The van der Waals surface area contributed by atoms with Crippen molar-refractivity contribution < 1.29 is 9.53 Å². The molecule has 0 aliphatic rings. The molecule has 0 fully saturated rings. The fraction of sp³-hybridized carbons (Fsp3) is 0.545. The van der Waals surface area contributed by atoms with E-state index in [0.29, 0.717) is 12.2 Å². The van der Waals surface area contributed by atoms with Gasteiger partial charge in [0.1, 0.15) is 12.3 Å². The summed E-state index contributed by atoms with van der Waals surface area (Å²) < 4.78 is 6.40. The molecule has 5 heteroatoms. The summed E-state index contributed by atoms with van der Waals surface area (Å²) >= 11 is 0. The van der Waals surface area contributed by atoms with E-state index >= 15 is 0 Å². The maximum absolute atomic E-state index is 11.8. The third-order valence-electron chi connectivity index (χ3n) is 2.44. The first kappa shape index (κ1) is 12.4.